The lowest BCUT2D eigenvalue weighted by molar-refractivity contribution is -0.139. The maximum absolute atomic E-state index is 10.5. The molecule has 2 rings (SSSR count). The van der Waals surface area contributed by atoms with Crippen molar-refractivity contribution in [1.29, 1.82) is 0 Å². The van der Waals surface area contributed by atoms with Crippen molar-refractivity contribution in [2.24, 2.45) is 0 Å². The average molecular weight is 358 g/mol. The van der Waals surface area contributed by atoms with Crippen molar-refractivity contribution in [2.75, 3.05) is 0 Å². The molecule has 0 aliphatic carbocycles. The van der Waals surface area contributed by atoms with Crippen LogP contribution in [0, 0.1) is 0 Å². The van der Waals surface area contributed by atoms with E-state index in [1.54, 1.807) is 12.2 Å². The fourth-order valence-electron chi connectivity index (χ4n) is 2.38. The van der Waals surface area contributed by atoms with Crippen LogP contribution in [0.25, 0.3) is 17.2 Å². The lowest BCUT2D eigenvalue weighted by Gasteiger charge is -2.11. The van der Waals surface area contributed by atoms with Gasteiger partial charge in [-0.1, -0.05) is 88.0 Å². The largest absolute Gasteiger partial charge is 0.481 e. The second-order valence-electron chi connectivity index (χ2n) is 5.37. The summed E-state index contributed by atoms with van der Waals surface area (Å²) in [5, 5.41) is 28.1. The molecule has 2 aromatic carbocycles. The smallest absolute Gasteiger partial charge is 0.305 e. The van der Waals surface area contributed by atoms with Gasteiger partial charge < -0.3 is 15.3 Å². The molecule has 0 spiro atoms. The number of aliphatic carboxylic acids is 1. The number of benzene rings is 2. The molecule has 4 nitrogen and oxygen atoms in total. The second-order valence-corrected chi connectivity index (χ2v) is 5.37. The fourth-order valence-corrected chi connectivity index (χ4v) is 2.38. The van der Waals surface area contributed by atoms with Crippen LogP contribution in [0.2, 0.25) is 0 Å². The molecule has 0 aliphatic rings. The zero-order valence-corrected chi connectivity index (χ0v) is 14.7. The summed E-state index contributed by atoms with van der Waals surface area (Å²) in [5.74, 6) is -1.08. The average Bonchev–Trinajstić information content (AvgIpc) is 2.62. The number of aliphatic hydroxyl groups excluding tert-OH is 2. The summed E-state index contributed by atoms with van der Waals surface area (Å²) in [7, 11) is 0. The van der Waals surface area contributed by atoms with Crippen molar-refractivity contribution in [3.05, 3.63) is 66.2 Å². The van der Waals surface area contributed by atoms with Crippen molar-refractivity contribution >= 4 is 12.0 Å². The van der Waals surface area contributed by atoms with Gasteiger partial charge in [0.05, 0.1) is 18.6 Å². The SMILES string of the molecule is C.CC.O=C(O)CC(O)CC(O)/C=C/c1ccccc1-c1ccccc1. The topological polar surface area (TPSA) is 77.8 Å². The minimum absolute atomic E-state index is 0. The molecule has 0 aliphatic heterocycles. The highest BCUT2D eigenvalue weighted by Crippen LogP contribution is 2.24. The van der Waals surface area contributed by atoms with Gasteiger partial charge in [-0.05, 0) is 16.7 Å². The third kappa shape index (κ3) is 8.10. The number of hydrogen-bond acceptors (Lipinski definition) is 3. The Kier molecular flexibility index (Phi) is 11.7. The summed E-state index contributed by atoms with van der Waals surface area (Å²) in [4.78, 5) is 10.5. The Labute approximate surface area is 156 Å². The molecule has 142 valence electrons. The maximum atomic E-state index is 10.5. The molecule has 2 atom stereocenters. The molecule has 0 heterocycles. The van der Waals surface area contributed by atoms with Gasteiger partial charge in [0.15, 0.2) is 0 Å². The highest BCUT2D eigenvalue weighted by molar-refractivity contribution is 5.75. The molecular weight excluding hydrogens is 328 g/mol. The fraction of sp³-hybridized carbons (Fsp3) is 0.318. The number of carboxylic acids is 1. The van der Waals surface area contributed by atoms with Gasteiger partial charge in [0.2, 0.25) is 0 Å². The molecule has 2 aromatic rings. The first-order valence-corrected chi connectivity index (χ1v) is 8.47. The first-order chi connectivity index (χ1) is 12.1. The van der Waals surface area contributed by atoms with Crippen molar-refractivity contribution in [3.63, 3.8) is 0 Å². The number of rotatable bonds is 7. The predicted molar refractivity (Wildman–Crippen MR) is 108 cm³/mol. The van der Waals surface area contributed by atoms with E-state index >= 15 is 0 Å². The first kappa shape index (κ1) is 23.6. The van der Waals surface area contributed by atoms with Crippen LogP contribution >= 0.6 is 0 Å². The van der Waals surface area contributed by atoms with Gasteiger partial charge in [-0.2, -0.15) is 0 Å². The Bertz CT molecular complexity index is 665. The molecule has 0 fully saturated rings. The van der Waals surface area contributed by atoms with E-state index in [0.29, 0.717) is 0 Å². The molecule has 26 heavy (non-hydrogen) atoms. The zero-order chi connectivity index (χ0) is 18.7. The van der Waals surface area contributed by atoms with E-state index < -0.39 is 18.2 Å². The molecule has 2 unspecified atom stereocenters. The van der Waals surface area contributed by atoms with E-state index in [1.807, 2.05) is 68.4 Å². The molecule has 0 saturated heterocycles. The number of carbonyl (C=O) groups is 1. The Morgan fingerprint density at radius 3 is 2.19 bits per heavy atom. The summed E-state index contributed by atoms with van der Waals surface area (Å²) < 4.78 is 0. The van der Waals surface area contributed by atoms with Crippen LogP contribution in [0.3, 0.4) is 0 Å². The first-order valence-electron chi connectivity index (χ1n) is 8.47. The Balaban J connectivity index is 0.00000201. The molecular formula is C22H30O4. The van der Waals surface area contributed by atoms with Gasteiger partial charge in [0.1, 0.15) is 0 Å². The molecule has 0 amide bonds. The molecule has 4 heteroatoms. The Morgan fingerprint density at radius 1 is 1.00 bits per heavy atom. The summed E-state index contributed by atoms with van der Waals surface area (Å²) in [6.45, 7) is 4.00. The molecule has 0 radical (unpaired) electrons. The second kappa shape index (κ2) is 12.9. The number of carboxylic acid groups (broad SMARTS) is 1. The molecule has 0 aromatic heterocycles. The maximum Gasteiger partial charge on any atom is 0.305 e. The third-order valence-corrected chi connectivity index (χ3v) is 3.47. The summed E-state index contributed by atoms with van der Waals surface area (Å²) in [6, 6.07) is 17.7. The molecule has 3 N–H and O–H groups in total. The van der Waals surface area contributed by atoms with Gasteiger partial charge in [-0.15, -0.1) is 0 Å². The van der Waals surface area contributed by atoms with Crippen LogP contribution in [-0.4, -0.2) is 33.5 Å². The van der Waals surface area contributed by atoms with Crippen LogP contribution in [0.1, 0.15) is 39.7 Å². The van der Waals surface area contributed by atoms with Gasteiger partial charge >= 0.3 is 5.97 Å². The monoisotopic (exact) mass is 358 g/mol. The Hall–Kier alpha value is -2.43. The van der Waals surface area contributed by atoms with E-state index in [1.165, 1.54) is 0 Å². The minimum Gasteiger partial charge on any atom is -0.481 e. The molecule has 0 saturated carbocycles. The lowest BCUT2D eigenvalue weighted by atomic mass is 9.98. The summed E-state index contributed by atoms with van der Waals surface area (Å²) in [6.07, 6.45) is 1.04. The standard InChI is InChI=1S/C19H20O4.C2H6.CH4/c20-16(12-17(21)13-19(22)23)11-10-15-8-4-5-9-18(15)14-6-2-1-3-7-14;1-2;/h1-11,16-17,20-21H,12-13H2,(H,22,23);1-2H3;1H4/b11-10+;;. The molecule has 0 bridgehead atoms. The van der Waals surface area contributed by atoms with Crippen LogP contribution in [0.5, 0.6) is 0 Å². The van der Waals surface area contributed by atoms with Gasteiger partial charge in [-0.3, -0.25) is 4.79 Å². The van der Waals surface area contributed by atoms with Crippen LogP contribution in [0.15, 0.2) is 60.7 Å². The highest BCUT2D eigenvalue weighted by atomic mass is 16.4. The van der Waals surface area contributed by atoms with E-state index in [9.17, 15) is 15.0 Å². The van der Waals surface area contributed by atoms with Crippen LogP contribution in [0.4, 0.5) is 0 Å². The van der Waals surface area contributed by atoms with Crippen LogP contribution < -0.4 is 0 Å². The van der Waals surface area contributed by atoms with Gasteiger partial charge in [0, 0.05) is 6.42 Å². The highest BCUT2D eigenvalue weighted by Gasteiger charge is 2.13. The van der Waals surface area contributed by atoms with Crippen molar-refractivity contribution in [3.8, 4) is 11.1 Å². The van der Waals surface area contributed by atoms with E-state index in [0.717, 1.165) is 16.7 Å². The summed E-state index contributed by atoms with van der Waals surface area (Å²) >= 11 is 0. The number of aliphatic hydroxyl groups is 2. The Morgan fingerprint density at radius 2 is 1.58 bits per heavy atom. The summed E-state index contributed by atoms with van der Waals surface area (Å²) in [5.41, 5.74) is 3.07. The van der Waals surface area contributed by atoms with E-state index in [4.69, 9.17) is 5.11 Å². The predicted octanol–water partition coefficient (Wildman–Crippen LogP) is 4.62. The lowest BCUT2D eigenvalue weighted by Crippen LogP contribution is -2.19. The minimum atomic E-state index is -1.08. The quantitative estimate of drug-likeness (QED) is 0.675. The van der Waals surface area contributed by atoms with Crippen LogP contribution in [-0.2, 0) is 4.79 Å². The zero-order valence-electron chi connectivity index (χ0n) is 14.7. The van der Waals surface area contributed by atoms with E-state index in [2.05, 4.69) is 0 Å². The van der Waals surface area contributed by atoms with Crippen molar-refractivity contribution < 1.29 is 20.1 Å². The van der Waals surface area contributed by atoms with E-state index in [-0.39, 0.29) is 20.3 Å². The normalized spacial score (nSPS) is 12.5. The third-order valence-electron chi connectivity index (χ3n) is 3.47. The number of hydrogen-bond donors (Lipinski definition) is 3. The van der Waals surface area contributed by atoms with Crippen molar-refractivity contribution in [1.82, 2.24) is 0 Å². The van der Waals surface area contributed by atoms with Gasteiger partial charge in [-0.25, -0.2) is 0 Å². The van der Waals surface area contributed by atoms with Crippen molar-refractivity contribution in [2.45, 2.75) is 46.3 Å². The van der Waals surface area contributed by atoms with Gasteiger partial charge in [0.25, 0.3) is 0 Å².